The molecule has 118 valence electrons. The molecule has 0 aromatic heterocycles. The van der Waals surface area contributed by atoms with Crippen molar-refractivity contribution in [2.75, 3.05) is 6.61 Å². The highest BCUT2D eigenvalue weighted by molar-refractivity contribution is 5.79. The maximum Gasteiger partial charge on any atom is 0.269 e. The van der Waals surface area contributed by atoms with Gasteiger partial charge < -0.3 is 9.64 Å². The fraction of sp³-hybridized carbons (Fsp3) is 0.562. The minimum atomic E-state index is -0.455. The van der Waals surface area contributed by atoms with E-state index < -0.39 is 4.92 Å². The molecule has 0 N–H and O–H groups in total. The Bertz CT molecular complexity index is 548. The fourth-order valence-corrected chi connectivity index (χ4v) is 3.12. The number of carbonyl (C=O) groups is 1. The molecule has 6 heteroatoms. The number of hydrogen-bond donors (Lipinski definition) is 0. The van der Waals surface area contributed by atoms with E-state index in [1.54, 1.807) is 0 Å². The van der Waals surface area contributed by atoms with E-state index in [4.69, 9.17) is 4.74 Å². The van der Waals surface area contributed by atoms with Crippen molar-refractivity contribution < 1.29 is 14.5 Å². The molecule has 1 amide bonds. The van der Waals surface area contributed by atoms with Crippen LogP contribution in [0.25, 0.3) is 0 Å². The van der Waals surface area contributed by atoms with Gasteiger partial charge in [0.05, 0.1) is 4.92 Å². The molecule has 2 saturated carbocycles. The monoisotopic (exact) mass is 304 g/mol. The molecular formula is C16H20N2O4. The van der Waals surface area contributed by atoms with Crippen molar-refractivity contribution in [3.8, 4) is 5.75 Å². The molecule has 6 nitrogen and oxygen atoms in total. The lowest BCUT2D eigenvalue weighted by Crippen LogP contribution is -2.43. The van der Waals surface area contributed by atoms with Gasteiger partial charge in [-0.1, -0.05) is 12.8 Å². The Kier molecular flexibility index (Phi) is 4.27. The summed E-state index contributed by atoms with van der Waals surface area (Å²) in [6.07, 6.45) is 6.79. The van der Waals surface area contributed by atoms with Gasteiger partial charge in [-0.05, 0) is 37.8 Å². The topological polar surface area (TPSA) is 72.7 Å². The Morgan fingerprint density at radius 2 is 1.73 bits per heavy atom. The summed E-state index contributed by atoms with van der Waals surface area (Å²) >= 11 is 0. The van der Waals surface area contributed by atoms with E-state index in [1.807, 2.05) is 4.90 Å². The van der Waals surface area contributed by atoms with Crippen LogP contribution in [0.2, 0.25) is 0 Å². The maximum absolute atomic E-state index is 12.5. The molecule has 0 atom stereocenters. The quantitative estimate of drug-likeness (QED) is 0.598. The minimum absolute atomic E-state index is 0.00477. The second-order valence-electron chi connectivity index (χ2n) is 6.01. The predicted octanol–water partition coefficient (Wildman–Crippen LogP) is 2.91. The average molecular weight is 304 g/mol. The predicted molar refractivity (Wildman–Crippen MR) is 80.7 cm³/mol. The number of hydrogen-bond acceptors (Lipinski definition) is 4. The van der Waals surface area contributed by atoms with Crippen molar-refractivity contribution in [1.29, 1.82) is 0 Å². The molecular weight excluding hydrogens is 284 g/mol. The maximum atomic E-state index is 12.5. The number of non-ortho nitro benzene ring substituents is 1. The van der Waals surface area contributed by atoms with Gasteiger partial charge in [-0.25, -0.2) is 0 Å². The molecule has 0 spiro atoms. The third kappa shape index (κ3) is 3.37. The normalized spacial score (nSPS) is 18.2. The molecule has 2 fully saturated rings. The molecule has 3 rings (SSSR count). The van der Waals surface area contributed by atoms with Gasteiger partial charge in [0.1, 0.15) is 5.75 Å². The van der Waals surface area contributed by atoms with Crippen LogP contribution in [-0.2, 0) is 4.79 Å². The summed E-state index contributed by atoms with van der Waals surface area (Å²) in [4.78, 5) is 24.6. The highest BCUT2D eigenvalue weighted by Crippen LogP contribution is 2.34. The van der Waals surface area contributed by atoms with Crippen LogP contribution in [0.4, 0.5) is 5.69 Å². The number of nitro groups is 1. The Labute approximate surface area is 129 Å². The van der Waals surface area contributed by atoms with E-state index in [9.17, 15) is 14.9 Å². The first-order valence-corrected chi connectivity index (χ1v) is 7.83. The summed E-state index contributed by atoms with van der Waals surface area (Å²) in [5.41, 5.74) is 0.0178. The molecule has 1 aromatic rings. The van der Waals surface area contributed by atoms with Crippen molar-refractivity contribution in [2.45, 2.75) is 50.6 Å². The van der Waals surface area contributed by atoms with Gasteiger partial charge in [0.15, 0.2) is 6.61 Å². The van der Waals surface area contributed by atoms with Gasteiger partial charge in [0.25, 0.3) is 11.6 Å². The molecule has 0 radical (unpaired) electrons. The summed E-state index contributed by atoms with van der Waals surface area (Å²) in [7, 11) is 0. The van der Waals surface area contributed by atoms with Gasteiger partial charge in [0, 0.05) is 24.2 Å². The van der Waals surface area contributed by atoms with Gasteiger partial charge >= 0.3 is 0 Å². The van der Waals surface area contributed by atoms with Crippen LogP contribution in [0, 0.1) is 10.1 Å². The zero-order valence-electron chi connectivity index (χ0n) is 12.4. The first-order chi connectivity index (χ1) is 10.6. The second-order valence-corrected chi connectivity index (χ2v) is 6.01. The van der Waals surface area contributed by atoms with Crippen LogP contribution in [-0.4, -0.2) is 34.4 Å². The van der Waals surface area contributed by atoms with E-state index in [-0.39, 0.29) is 18.2 Å². The minimum Gasteiger partial charge on any atom is -0.484 e. The largest absolute Gasteiger partial charge is 0.484 e. The number of rotatable bonds is 6. The zero-order chi connectivity index (χ0) is 15.5. The lowest BCUT2D eigenvalue weighted by atomic mass is 10.2. The number of nitro benzene ring substituents is 1. The van der Waals surface area contributed by atoms with Crippen molar-refractivity contribution >= 4 is 11.6 Å². The van der Waals surface area contributed by atoms with E-state index in [0.29, 0.717) is 17.8 Å². The number of benzene rings is 1. The van der Waals surface area contributed by atoms with Gasteiger partial charge in [-0.2, -0.15) is 0 Å². The van der Waals surface area contributed by atoms with Gasteiger partial charge in [-0.3, -0.25) is 14.9 Å². The third-order valence-electron chi connectivity index (χ3n) is 4.36. The number of amides is 1. The first-order valence-electron chi connectivity index (χ1n) is 7.83. The number of ether oxygens (including phenoxy) is 1. The van der Waals surface area contributed by atoms with E-state index >= 15 is 0 Å². The summed E-state index contributed by atoms with van der Waals surface area (Å²) < 4.78 is 5.51. The molecule has 0 saturated heterocycles. The van der Waals surface area contributed by atoms with E-state index in [0.717, 1.165) is 25.7 Å². The average Bonchev–Trinajstić information content (AvgIpc) is 3.20. The lowest BCUT2D eigenvalue weighted by molar-refractivity contribution is -0.384. The van der Waals surface area contributed by atoms with Crippen LogP contribution in [0.15, 0.2) is 24.3 Å². The zero-order valence-corrected chi connectivity index (χ0v) is 12.4. The molecule has 2 aliphatic carbocycles. The summed E-state index contributed by atoms with van der Waals surface area (Å²) in [6.45, 7) is 0.00477. The number of nitrogens with zero attached hydrogens (tertiary/aromatic N) is 2. The van der Waals surface area contributed by atoms with Crippen molar-refractivity contribution in [1.82, 2.24) is 4.90 Å². The Morgan fingerprint density at radius 3 is 2.27 bits per heavy atom. The highest BCUT2D eigenvalue weighted by atomic mass is 16.6. The van der Waals surface area contributed by atoms with Crippen LogP contribution in [0.5, 0.6) is 5.75 Å². The fourth-order valence-electron chi connectivity index (χ4n) is 3.12. The van der Waals surface area contributed by atoms with Crippen LogP contribution in [0.1, 0.15) is 38.5 Å². The first kappa shape index (κ1) is 14.8. The van der Waals surface area contributed by atoms with Crippen LogP contribution in [0.3, 0.4) is 0 Å². The van der Waals surface area contributed by atoms with E-state index in [1.165, 1.54) is 37.1 Å². The van der Waals surface area contributed by atoms with Crippen LogP contribution < -0.4 is 4.74 Å². The Hall–Kier alpha value is -2.11. The second kappa shape index (κ2) is 6.34. The van der Waals surface area contributed by atoms with Crippen molar-refractivity contribution in [3.63, 3.8) is 0 Å². The summed E-state index contributed by atoms with van der Waals surface area (Å²) in [6, 6.07) is 6.60. The Morgan fingerprint density at radius 1 is 1.14 bits per heavy atom. The smallest absolute Gasteiger partial charge is 0.269 e. The molecule has 0 bridgehead atoms. The molecule has 0 heterocycles. The van der Waals surface area contributed by atoms with Gasteiger partial charge in [0.2, 0.25) is 0 Å². The molecule has 1 aromatic carbocycles. The number of carbonyl (C=O) groups excluding carboxylic acids is 1. The molecule has 0 aliphatic heterocycles. The third-order valence-corrected chi connectivity index (χ3v) is 4.36. The molecule has 2 aliphatic rings. The van der Waals surface area contributed by atoms with Crippen LogP contribution >= 0.6 is 0 Å². The van der Waals surface area contributed by atoms with Crippen molar-refractivity contribution in [2.24, 2.45) is 0 Å². The summed E-state index contributed by atoms with van der Waals surface area (Å²) in [5, 5.41) is 10.6. The SMILES string of the molecule is O=C(COc1ccc([N+](=O)[O-])cc1)N(C1CCCC1)C1CC1. The van der Waals surface area contributed by atoms with E-state index in [2.05, 4.69) is 0 Å². The Balaban J connectivity index is 1.57. The molecule has 0 unspecified atom stereocenters. The summed E-state index contributed by atoms with van der Waals surface area (Å²) in [5.74, 6) is 0.522. The highest BCUT2D eigenvalue weighted by Gasteiger charge is 2.38. The van der Waals surface area contributed by atoms with Gasteiger partial charge in [-0.15, -0.1) is 0 Å². The standard InChI is InChI=1S/C16H20N2O4/c19-16(17(13-5-6-13)12-3-1-2-4-12)11-22-15-9-7-14(8-10-15)18(20)21/h7-10,12-13H,1-6,11H2. The molecule has 22 heavy (non-hydrogen) atoms. The van der Waals surface area contributed by atoms with Crippen molar-refractivity contribution in [3.05, 3.63) is 34.4 Å². The lowest BCUT2D eigenvalue weighted by Gasteiger charge is -2.29.